The summed E-state index contributed by atoms with van der Waals surface area (Å²) in [4.78, 5) is 14.8. The topological polar surface area (TPSA) is 69.3 Å². The number of nitrogens with zero attached hydrogens (tertiary/aromatic N) is 3. The fourth-order valence-corrected chi connectivity index (χ4v) is 4.99. The second-order valence-corrected chi connectivity index (χ2v) is 9.02. The van der Waals surface area contributed by atoms with Gasteiger partial charge in [-0.3, -0.25) is 9.89 Å². The zero-order chi connectivity index (χ0) is 19.8. The lowest BCUT2D eigenvalue weighted by Gasteiger charge is -2.32. The molecule has 0 saturated carbocycles. The van der Waals surface area contributed by atoms with Crippen molar-refractivity contribution >= 4 is 28.5 Å². The third-order valence-electron chi connectivity index (χ3n) is 5.67. The van der Waals surface area contributed by atoms with Gasteiger partial charge in [-0.25, -0.2) is 12.9 Å². The maximum atomic E-state index is 13.7. The normalized spacial score (nSPS) is 19.5. The summed E-state index contributed by atoms with van der Waals surface area (Å²) in [5, 5.41) is 7.41. The van der Waals surface area contributed by atoms with Crippen molar-refractivity contribution < 1.29 is 13.4 Å². The van der Waals surface area contributed by atoms with Crippen molar-refractivity contribution in [3.63, 3.8) is 0 Å². The molecule has 9 heteroatoms. The molecule has 1 N–H and O–H groups in total. The number of benzene rings is 1. The molecule has 1 aromatic heterocycles. The first kappa shape index (κ1) is 19.5. The Labute approximate surface area is 170 Å². The van der Waals surface area contributed by atoms with E-state index >= 15 is 0 Å². The molecule has 4 rings (SSSR count). The highest BCUT2D eigenvalue weighted by Crippen LogP contribution is 2.34. The Bertz CT molecular complexity index is 927. The molecule has 1 saturated heterocycles. The summed E-state index contributed by atoms with van der Waals surface area (Å²) < 4.78 is 27.4. The van der Waals surface area contributed by atoms with Gasteiger partial charge in [-0.05, 0) is 30.4 Å². The SMILES string of the molecule is CS(=O)N1CCc2[nH]nc(C(=O)N3CCC(c4cccc(F)c4Cl)CC3)c2C1. The van der Waals surface area contributed by atoms with Crippen molar-refractivity contribution in [3.8, 4) is 0 Å². The minimum atomic E-state index is -1.08. The molecule has 0 bridgehead atoms. The van der Waals surface area contributed by atoms with Gasteiger partial charge in [-0.1, -0.05) is 23.7 Å². The lowest BCUT2D eigenvalue weighted by Crippen LogP contribution is -2.39. The number of likely N-dealkylation sites (tertiary alicyclic amines) is 1. The van der Waals surface area contributed by atoms with E-state index in [-0.39, 0.29) is 16.8 Å². The first-order valence-corrected chi connectivity index (χ1v) is 11.2. The van der Waals surface area contributed by atoms with E-state index in [9.17, 15) is 13.4 Å². The molecule has 1 atom stereocenters. The lowest BCUT2D eigenvalue weighted by atomic mass is 9.89. The van der Waals surface area contributed by atoms with E-state index in [4.69, 9.17) is 11.6 Å². The number of carbonyl (C=O) groups is 1. The van der Waals surface area contributed by atoms with Crippen LogP contribution in [0.2, 0.25) is 5.02 Å². The summed E-state index contributed by atoms with van der Waals surface area (Å²) in [6.07, 6.45) is 3.81. The first-order valence-electron chi connectivity index (χ1n) is 9.33. The smallest absolute Gasteiger partial charge is 0.274 e. The largest absolute Gasteiger partial charge is 0.337 e. The molecule has 3 heterocycles. The van der Waals surface area contributed by atoms with E-state index in [1.54, 1.807) is 17.2 Å². The number of piperidine rings is 1. The molecule has 2 aliphatic heterocycles. The van der Waals surface area contributed by atoms with Gasteiger partial charge in [0.2, 0.25) is 0 Å². The predicted molar refractivity (Wildman–Crippen MR) is 106 cm³/mol. The van der Waals surface area contributed by atoms with E-state index < -0.39 is 16.8 Å². The zero-order valence-electron chi connectivity index (χ0n) is 15.6. The summed E-state index contributed by atoms with van der Waals surface area (Å²) >= 11 is 6.13. The number of amides is 1. The van der Waals surface area contributed by atoms with Crippen LogP contribution in [-0.2, 0) is 24.0 Å². The van der Waals surface area contributed by atoms with Gasteiger partial charge in [-0.15, -0.1) is 0 Å². The number of H-pyrrole nitrogens is 1. The van der Waals surface area contributed by atoms with Gasteiger partial charge in [0.15, 0.2) is 5.69 Å². The van der Waals surface area contributed by atoms with E-state index in [0.29, 0.717) is 38.3 Å². The van der Waals surface area contributed by atoms with Gasteiger partial charge in [0.05, 0.1) is 16.0 Å². The summed E-state index contributed by atoms with van der Waals surface area (Å²) in [6.45, 7) is 2.29. The molecule has 0 radical (unpaired) electrons. The third kappa shape index (κ3) is 3.60. The van der Waals surface area contributed by atoms with Crippen LogP contribution in [0, 0.1) is 5.82 Å². The molecular weight excluding hydrogens is 403 g/mol. The Kier molecular flexibility index (Phi) is 5.53. The number of hydrogen-bond donors (Lipinski definition) is 1. The third-order valence-corrected chi connectivity index (χ3v) is 7.11. The average molecular weight is 425 g/mol. The minimum absolute atomic E-state index is 0.106. The second kappa shape index (κ2) is 7.93. The standard InChI is InChI=1S/C19H22ClFN4O2S/c1-28(27)25-10-7-16-14(11-25)18(23-22-16)19(26)24-8-5-12(6-9-24)13-3-2-4-15(21)17(13)20/h2-4,12H,5-11H2,1H3,(H,22,23). The van der Waals surface area contributed by atoms with Gasteiger partial charge in [0.25, 0.3) is 5.91 Å². The quantitative estimate of drug-likeness (QED) is 0.823. The van der Waals surface area contributed by atoms with Crippen LogP contribution in [0.5, 0.6) is 0 Å². The Hall–Kier alpha value is -1.77. The van der Waals surface area contributed by atoms with Gasteiger partial charge in [0.1, 0.15) is 5.82 Å². The summed E-state index contributed by atoms with van der Waals surface area (Å²) in [7, 11) is -1.08. The monoisotopic (exact) mass is 424 g/mol. The average Bonchev–Trinajstić information content (AvgIpc) is 3.13. The minimum Gasteiger partial charge on any atom is -0.337 e. The molecule has 6 nitrogen and oxygen atoms in total. The molecular formula is C19H22ClFN4O2S. The Morgan fingerprint density at radius 1 is 1.32 bits per heavy atom. The number of hydrogen-bond acceptors (Lipinski definition) is 3. The first-order chi connectivity index (χ1) is 13.5. The van der Waals surface area contributed by atoms with Crippen molar-refractivity contribution in [1.29, 1.82) is 0 Å². The summed E-state index contributed by atoms with van der Waals surface area (Å²) in [5.41, 5.74) is 3.03. The number of aromatic nitrogens is 2. The molecule has 1 aromatic carbocycles. The van der Waals surface area contributed by atoms with Crippen LogP contribution >= 0.6 is 11.6 Å². The highest BCUT2D eigenvalue weighted by molar-refractivity contribution is 7.81. The van der Waals surface area contributed by atoms with Crippen molar-refractivity contribution in [2.45, 2.75) is 31.7 Å². The van der Waals surface area contributed by atoms with Crippen molar-refractivity contribution in [2.75, 3.05) is 25.9 Å². The molecule has 0 spiro atoms. The summed E-state index contributed by atoms with van der Waals surface area (Å²) in [6, 6.07) is 4.89. The number of halogens is 2. The predicted octanol–water partition coefficient (Wildman–Crippen LogP) is 2.87. The van der Waals surface area contributed by atoms with E-state index in [2.05, 4.69) is 10.2 Å². The van der Waals surface area contributed by atoms with E-state index in [1.807, 2.05) is 10.4 Å². The van der Waals surface area contributed by atoms with Crippen molar-refractivity contribution in [3.05, 3.63) is 51.6 Å². The van der Waals surface area contributed by atoms with Gasteiger partial charge in [0, 0.05) is 50.1 Å². The van der Waals surface area contributed by atoms with Crippen molar-refractivity contribution in [2.24, 2.45) is 0 Å². The van der Waals surface area contributed by atoms with Crippen LogP contribution in [0.1, 0.15) is 46.1 Å². The second-order valence-electron chi connectivity index (χ2n) is 7.28. The fraction of sp³-hybridized carbons (Fsp3) is 0.474. The number of aromatic amines is 1. The Morgan fingerprint density at radius 2 is 2.07 bits per heavy atom. The van der Waals surface area contributed by atoms with Crippen LogP contribution in [-0.4, -0.2) is 55.4 Å². The van der Waals surface area contributed by atoms with Crippen LogP contribution in [0.25, 0.3) is 0 Å². The molecule has 0 aliphatic carbocycles. The molecule has 1 unspecified atom stereocenters. The number of rotatable bonds is 3. The lowest BCUT2D eigenvalue weighted by molar-refractivity contribution is 0.0705. The highest BCUT2D eigenvalue weighted by atomic mass is 35.5. The van der Waals surface area contributed by atoms with Crippen LogP contribution in [0.4, 0.5) is 4.39 Å². The fourth-order valence-electron chi connectivity index (χ4n) is 4.05. The molecule has 28 heavy (non-hydrogen) atoms. The highest BCUT2D eigenvalue weighted by Gasteiger charge is 2.31. The molecule has 2 aliphatic rings. The van der Waals surface area contributed by atoms with Crippen LogP contribution < -0.4 is 0 Å². The molecule has 1 amide bonds. The van der Waals surface area contributed by atoms with E-state index in [0.717, 1.165) is 29.7 Å². The maximum Gasteiger partial charge on any atom is 0.274 e. The maximum absolute atomic E-state index is 13.7. The number of fused-ring (bicyclic) bond motifs is 1. The van der Waals surface area contributed by atoms with Gasteiger partial charge >= 0.3 is 0 Å². The van der Waals surface area contributed by atoms with Gasteiger partial charge < -0.3 is 4.90 Å². The number of nitrogens with one attached hydrogen (secondary N) is 1. The van der Waals surface area contributed by atoms with Crippen molar-refractivity contribution in [1.82, 2.24) is 19.4 Å². The Balaban J connectivity index is 1.46. The zero-order valence-corrected chi connectivity index (χ0v) is 17.2. The van der Waals surface area contributed by atoms with Crippen LogP contribution in [0.3, 0.4) is 0 Å². The van der Waals surface area contributed by atoms with Crippen LogP contribution in [0.15, 0.2) is 18.2 Å². The molecule has 1 fully saturated rings. The van der Waals surface area contributed by atoms with E-state index in [1.165, 1.54) is 6.07 Å². The Morgan fingerprint density at radius 3 is 2.79 bits per heavy atom. The number of carbonyl (C=O) groups excluding carboxylic acids is 1. The van der Waals surface area contributed by atoms with Gasteiger partial charge in [-0.2, -0.15) is 5.10 Å². The molecule has 2 aromatic rings. The summed E-state index contributed by atoms with van der Waals surface area (Å²) in [5.74, 6) is -0.373. The molecule has 150 valence electrons.